The largest absolute Gasteiger partial charge is 0.460 e. The number of pyridine rings is 1. The van der Waals surface area contributed by atoms with Gasteiger partial charge in [-0.15, -0.1) is 0 Å². The van der Waals surface area contributed by atoms with Crippen LogP contribution in [0.15, 0.2) is 41.1 Å². The number of ether oxygens (including phenoxy) is 1. The summed E-state index contributed by atoms with van der Waals surface area (Å²) in [4.78, 5) is 21.8. The predicted molar refractivity (Wildman–Crippen MR) is 129 cm³/mol. The average Bonchev–Trinajstić information content (AvgIpc) is 3.28. The van der Waals surface area contributed by atoms with E-state index in [1.807, 2.05) is 51.1 Å². The molecular formula is C27H35N3O3. The van der Waals surface area contributed by atoms with Crippen LogP contribution in [-0.2, 0) is 9.53 Å². The van der Waals surface area contributed by atoms with Crippen molar-refractivity contribution >= 4 is 16.9 Å². The fourth-order valence-corrected chi connectivity index (χ4v) is 4.74. The summed E-state index contributed by atoms with van der Waals surface area (Å²) in [6.45, 7) is 5.67. The van der Waals surface area contributed by atoms with Gasteiger partial charge in [-0.05, 0) is 45.2 Å². The van der Waals surface area contributed by atoms with Gasteiger partial charge in [0, 0.05) is 23.1 Å². The number of nitrogens with zero attached hydrogens (tertiary/aromatic N) is 3. The lowest BCUT2D eigenvalue weighted by Gasteiger charge is -2.23. The van der Waals surface area contributed by atoms with Crippen molar-refractivity contribution in [3.8, 4) is 11.4 Å². The average molecular weight is 450 g/mol. The minimum atomic E-state index is -0.513. The van der Waals surface area contributed by atoms with E-state index < -0.39 is 5.60 Å². The van der Waals surface area contributed by atoms with Crippen molar-refractivity contribution < 1.29 is 14.1 Å². The molecule has 0 saturated heterocycles. The van der Waals surface area contributed by atoms with Gasteiger partial charge in [-0.3, -0.25) is 9.78 Å². The molecule has 4 rings (SSSR count). The van der Waals surface area contributed by atoms with Crippen LogP contribution in [0.4, 0.5) is 0 Å². The fraction of sp³-hybridized carbons (Fsp3) is 0.556. The van der Waals surface area contributed by atoms with Crippen LogP contribution in [0.3, 0.4) is 0 Å². The van der Waals surface area contributed by atoms with Crippen LogP contribution >= 0.6 is 0 Å². The molecule has 0 radical (unpaired) electrons. The van der Waals surface area contributed by atoms with E-state index in [-0.39, 0.29) is 18.3 Å². The van der Waals surface area contributed by atoms with Gasteiger partial charge in [0.15, 0.2) is 0 Å². The molecule has 33 heavy (non-hydrogen) atoms. The van der Waals surface area contributed by atoms with E-state index in [0.29, 0.717) is 11.7 Å². The Balaban J connectivity index is 1.48. The van der Waals surface area contributed by atoms with Crippen molar-refractivity contribution in [1.82, 2.24) is 15.1 Å². The first-order valence-electron chi connectivity index (χ1n) is 12.3. The van der Waals surface area contributed by atoms with Crippen molar-refractivity contribution in [2.24, 2.45) is 5.92 Å². The quantitative estimate of drug-likeness (QED) is 0.350. The summed E-state index contributed by atoms with van der Waals surface area (Å²) in [6, 6.07) is 9.96. The van der Waals surface area contributed by atoms with E-state index in [1.54, 1.807) is 6.20 Å². The molecule has 6 nitrogen and oxygen atoms in total. The summed E-state index contributed by atoms with van der Waals surface area (Å²) in [6.07, 6.45) is 11.8. The van der Waals surface area contributed by atoms with Crippen molar-refractivity contribution in [2.75, 3.05) is 0 Å². The van der Waals surface area contributed by atoms with Crippen LogP contribution in [0.2, 0.25) is 0 Å². The number of esters is 1. The third kappa shape index (κ3) is 6.62. The zero-order valence-corrected chi connectivity index (χ0v) is 20.0. The van der Waals surface area contributed by atoms with E-state index in [9.17, 15) is 4.79 Å². The molecule has 1 saturated carbocycles. The maximum absolute atomic E-state index is 12.6. The van der Waals surface area contributed by atoms with Gasteiger partial charge in [0.25, 0.3) is 0 Å². The number of fused-ring (bicyclic) bond motifs is 1. The van der Waals surface area contributed by atoms with Crippen molar-refractivity contribution in [2.45, 2.75) is 90.1 Å². The lowest BCUT2D eigenvalue weighted by molar-refractivity contribution is -0.155. The monoisotopic (exact) mass is 449 g/mol. The third-order valence-corrected chi connectivity index (χ3v) is 6.36. The van der Waals surface area contributed by atoms with Gasteiger partial charge < -0.3 is 9.26 Å². The molecule has 1 atom stereocenters. The van der Waals surface area contributed by atoms with Crippen LogP contribution in [0, 0.1) is 5.92 Å². The fourth-order valence-electron chi connectivity index (χ4n) is 4.74. The minimum absolute atomic E-state index is 0.141. The minimum Gasteiger partial charge on any atom is -0.460 e. The molecule has 0 amide bonds. The van der Waals surface area contributed by atoms with Crippen LogP contribution in [0.5, 0.6) is 0 Å². The number of para-hydroxylation sites is 1. The molecule has 0 unspecified atom stereocenters. The van der Waals surface area contributed by atoms with Crippen LogP contribution in [-0.4, -0.2) is 26.7 Å². The van der Waals surface area contributed by atoms with Gasteiger partial charge in [0.1, 0.15) is 5.60 Å². The summed E-state index contributed by atoms with van der Waals surface area (Å²) in [7, 11) is 0. The van der Waals surface area contributed by atoms with E-state index in [2.05, 4.69) is 15.1 Å². The zero-order chi connectivity index (χ0) is 23.3. The molecule has 0 bridgehead atoms. The number of hydrogen-bond donors (Lipinski definition) is 0. The maximum Gasteiger partial charge on any atom is 0.307 e. The Hall–Kier alpha value is -2.76. The summed E-state index contributed by atoms with van der Waals surface area (Å²) < 4.78 is 11.3. The second kappa shape index (κ2) is 10.4. The van der Waals surface area contributed by atoms with Crippen molar-refractivity contribution in [3.63, 3.8) is 0 Å². The van der Waals surface area contributed by atoms with Gasteiger partial charge in [-0.2, -0.15) is 4.98 Å². The molecule has 0 N–H and O–H groups in total. The van der Waals surface area contributed by atoms with Crippen LogP contribution in [0.25, 0.3) is 22.3 Å². The number of rotatable bonds is 8. The molecule has 0 aliphatic heterocycles. The number of carbonyl (C=O) groups excluding carboxylic acids is 1. The summed E-state index contributed by atoms with van der Waals surface area (Å²) in [5.41, 5.74) is 1.22. The Labute approximate surface area is 196 Å². The summed E-state index contributed by atoms with van der Waals surface area (Å²) in [5.74, 6) is 1.45. The van der Waals surface area contributed by atoms with Crippen LogP contribution < -0.4 is 0 Å². The number of aromatic nitrogens is 3. The zero-order valence-electron chi connectivity index (χ0n) is 20.0. The maximum atomic E-state index is 12.6. The van der Waals surface area contributed by atoms with Crippen molar-refractivity contribution in [3.05, 3.63) is 42.4 Å². The van der Waals surface area contributed by atoms with E-state index in [1.165, 1.54) is 38.5 Å². The Bertz CT molecular complexity index is 1060. The highest BCUT2D eigenvalue weighted by Crippen LogP contribution is 2.32. The third-order valence-electron chi connectivity index (χ3n) is 6.36. The van der Waals surface area contributed by atoms with Gasteiger partial charge in [-0.1, -0.05) is 68.3 Å². The molecule has 1 fully saturated rings. The Morgan fingerprint density at radius 2 is 1.97 bits per heavy atom. The molecule has 2 aromatic heterocycles. The highest BCUT2D eigenvalue weighted by molar-refractivity contribution is 5.82. The topological polar surface area (TPSA) is 78.1 Å². The van der Waals surface area contributed by atoms with Gasteiger partial charge in [0.2, 0.25) is 11.7 Å². The second-order valence-electron chi connectivity index (χ2n) is 10.3. The molecule has 1 aliphatic carbocycles. The first kappa shape index (κ1) is 23.4. The van der Waals surface area contributed by atoms with E-state index in [0.717, 1.165) is 35.2 Å². The lowest BCUT2D eigenvalue weighted by Crippen LogP contribution is -2.25. The Morgan fingerprint density at radius 1 is 1.18 bits per heavy atom. The Kier molecular flexibility index (Phi) is 7.41. The van der Waals surface area contributed by atoms with Crippen molar-refractivity contribution in [1.29, 1.82) is 0 Å². The standard InChI is InChI=1S/C27H35N3O3/c1-27(2,3)32-24(31)17-21(14-9-12-19-10-5-4-6-11-19)26-29-25(30-33-26)22-16-20-13-7-8-15-23(20)28-18-22/h7-8,13,15-16,18-19,21H,4-6,9-12,14,17H2,1-3H3/t21-/m1/s1. The van der Waals surface area contributed by atoms with Crippen LogP contribution in [0.1, 0.15) is 90.4 Å². The molecule has 1 aliphatic rings. The lowest BCUT2D eigenvalue weighted by atomic mass is 9.84. The first-order chi connectivity index (χ1) is 15.9. The molecule has 1 aromatic carbocycles. The Morgan fingerprint density at radius 3 is 2.76 bits per heavy atom. The SMILES string of the molecule is CC(C)(C)OC(=O)C[C@@H](CCCC1CCCCC1)c1nc(-c2cnc3ccccc3c2)no1. The predicted octanol–water partition coefficient (Wildman–Crippen LogP) is 6.85. The van der Waals surface area contributed by atoms with Gasteiger partial charge in [0.05, 0.1) is 11.9 Å². The van der Waals surface area contributed by atoms with Gasteiger partial charge in [-0.25, -0.2) is 0 Å². The normalized spacial score (nSPS) is 16.1. The number of hydrogen-bond acceptors (Lipinski definition) is 6. The summed E-state index contributed by atoms with van der Waals surface area (Å²) >= 11 is 0. The number of benzene rings is 1. The smallest absolute Gasteiger partial charge is 0.307 e. The molecule has 2 heterocycles. The van der Waals surface area contributed by atoms with Gasteiger partial charge >= 0.3 is 5.97 Å². The molecule has 6 heteroatoms. The highest BCUT2D eigenvalue weighted by Gasteiger charge is 2.26. The second-order valence-corrected chi connectivity index (χ2v) is 10.3. The van der Waals surface area contributed by atoms with E-state index >= 15 is 0 Å². The highest BCUT2D eigenvalue weighted by atomic mass is 16.6. The molecular weight excluding hydrogens is 414 g/mol. The number of carbonyl (C=O) groups is 1. The molecule has 176 valence electrons. The first-order valence-corrected chi connectivity index (χ1v) is 12.3. The molecule has 0 spiro atoms. The summed E-state index contributed by atoms with van der Waals surface area (Å²) in [5, 5.41) is 5.24. The molecule has 3 aromatic rings. The van der Waals surface area contributed by atoms with E-state index in [4.69, 9.17) is 9.26 Å².